The van der Waals surface area contributed by atoms with E-state index in [1.807, 2.05) is 36.4 Å². The number of nitrogens with zero attached hydrogens (tertiary/aromatic N) is 2. The average molecular weight is 358 g/mol. The predicted octanol–water partition coefficient (Wildman–Crippen LogP) is 3.85. The summed E-state index contributed by atoms with van der Waals surface area (Å²) in [4.78, 5) is 12.8. The summed E-state index contributed by atoms with van der Waals surface area (Å²) in [5, 5.41) is 22.1. The van der Waals surface area contributed by atoms with E-state index >= 15 is 0 Å². The molecule has 0 saturated carbocycles. The molecule has 2 N–H and O–H groups in total. The van der Waals surface area contributed by atoms with Gasteiger partial charge in [-0.05, 0) is 29.7 Å². The minimum atomic E-state index is -0.230. The lowest BCUT2D eigenvalue weighted by Crippen LogP contribution is -2.24. The molecule has 1 amide bonds. The maximum atomic E-state index is 12.5. The van der Waals surface area contributed by atoms with Crippen molar-refractivity contribution in [1.29, 1.82) is 10.7 Å². The average Bonchev–Trinajstić information content (AvgIpc) is 2.97. The molecule has 6 heteroatoms. The summed E-state index contributed by atoms with van der Waals surface area (Å²) < 4.78 is 2.71. The van der Waals surface area contributed by atoms with E-state index in [9.17, 15) is 4.79 Å². The Balaban J connectivity index is 1.71. The second-order valence-corrected chi connectivity index (χ2v) is 6.90. The molecule has 0 saturated heterocycles. The van der Waals surface area contributed by atoms with Gasteiger partial charge in [-0.1, -0.05) is 47.7 Å². The van der Waals surface area contributed by atoms with Gasteiger partial charge >= 0.3 is 0 Å². The quantitative estimate of drug-likeness (QED) is 0.583. The number of carbonyl (C=O) groups excluding carboxylic acids is 1. The normalized spacial score (nSPS) is 10.7. The number of hydrogen-bond acceptors (Lipinski definition) is 4. The van der Waals surface area contributed by atoms with E-state index < -0.39 is 0 Å². The fourth-order valence-electron chi connectivity index (χ4n) is 3.02. The predicted molar refractivity (Wildman–Crippen MR) is 103 cm³/mol. The van der Waals surface area contributed by atoms with E-state index in [0.717, 1.165) is 21.0 Å². The van der Waals surface area contributed by atoms with E-state index in [-0.39, 0.29) is 12.5 Å². The molecular formula is C20H14N4OS. The van der Waals surface area contributed by atoms with Crippen LogP contribution in [0.1, 0.15) is 5.56 Å². The Labute approximate surface area is 153 Å². The number of hydrogen-bond donors (Lipinski definition) is 2. The third-order valence-electron chi connectivity index (χ3n) is 4.16. The molecule has 0 radical (unpaired) electrons. The number of aromatic nitrogens is 1. The molecule has 3 aromatic carbocycles. The Bertz CT molecular complexity index is 1250. The largest absolute Gasteiger partial charge is 0.324 e. The van der Waals surface area contributed by atoms with Crippen molar-refractivity contribution in [2.24, 2.45) is 0 Å². The molecule has 4 aromatic rings. The first-order chi connectivity index (χ1) is 12.7. The first kappa shape index (κ1) is 16.1. The highest BCUT2D eigenvalue weighted by molar-refractivity contribution is 7.16. The van der Waals surface area contributed by atoms with Crippen LogP contribution in [0, 0.1) is 16.7 Å². The van der Waals surface area contributed by atoms with Crippen molar-refractivity contribution in [3.8, 4) is 6.07 Å². The van der Waals surface area contributed by atoms with Crippen molar-refractivity contribution >= 4 is 43.9 Å². The Hall–Kier alpha value is -3.43. The minimum Gasteiger partial charge on any atom is -0.324 e. The first-order valence-corrected chi connectivity index (χ1v) is 8.83. The second kappa shape index (κ2) is 6.47. The minimum absolute atomic E-state index is 0.0453. The Morgan fingerprint density at radius 3 is 2.85 bits per heavy atom. The van der Waals surface area contributed by atoms with Gasteiger partial charge in [0.1, 0.15) is 6.54 Å². The van der Waals surface area contributed by atoms with Crippen LogP contribution in [0.4, 0.5) is 5.69 Å². The van der Waals surface area contributed by atoms with Gasteiger partial charge in [0.25, 0.3) is 0 Å². The van der Waals surface area contributed by atoms with Crippen molar-refractivity contribution in [3.05, 3.63) is 71.0 Å². The molecule has 0 atom stereocenters. The molecule has 0 spiro atoms. The topological polar surface area (TPSA) is 81.7 Å². The summed E-state index contributed by atoms with van der Waals surface area (Å²) >= 11 is 1.35. The van der Waals surface area contributed by atoms with Crippen molar-refractivity contribution < 1.29 is 4.79 Å². The van der Waals surface area contributed by atoms with Gasteiger partial charge in [0.2, 0.25) is 5.91 Å². The van der Waals surface area contributed by atoms with Gasteiger partial charge in [0.05, 0.1) is 21.8 Å². The fraction of sp³-hybridized carbons (Fsp3) is 0.0500. The van der Waals surface area contributed by atoms with Crippen LogP contribution in [0.2, 0.25) is 0 Å². The molecule has 0 aliphatic carbocycles. The summed E-state index contributed by atoms with van der Waals surface area (Å²) in [6.07, 6.45) is 0. The van der Waals surface area contributed by atoms with E-state index in [2.05, 4.69) is 11.4 Å². The van der Waals surface area contributed by atoms with Crippen molar-refractivity contribution in [2.45, 2.75) is 6.54 Å². The molecule has 5 nitrogen and oxygen atoms in total. The second-order valence-electron chi connectivity index (χ2n) is 5.87. The van der Waals surface area contributed by atoms with Crippen molar-refractivity contribution in [2.75, 3.05) is 5.32 Å². The van der Waals surface area contributed by atoms with Crippen LogP contribution >= 0.6 is 11.3 Å². The smallest absolute Gasteiger partial charge is 0.244 e. The van der Waals surface area contributed by atoms with Crippen LogP contribution in [-0.4, -0.2) is 10.5 Å². The van der Waals surface area contributed by atoms with Gasteiger partial charge in [-0.25, -0.2) is 0 Å². The van der Waals surface area contributed by atoms with Crippen LogP contribution in [-0.2, 0) is 11.3 Å². The molecule has 0 aliphatic heterocycles. The van der Waals surface area contributed by atoms with E-state index in [1.165, 1.54) is 11.3 Å². The van der Waals surface area contributed by atoms with E-state index in [4.69, 9.17) is 10.7 Å². The van der Waals surface area contributed by atoms with Crippen molar-refractivity contribution in [3.63, 3.8) is 0 Å². The van der Waals surface area contributed by atoms with Gasteiger partial charge in [-0.3, -0.25) is 10.2 Å². The van der Waals surface area contributed by atoms with Gasteiger partial charge < -0.3 is 9.88 Å². The van der Waals surface area contributed by atoms with Crippen molar-refractivity contribution in [1.82, 2.24) is 4.57 Å². The van der Waals surface area contributed by atoms with Crippen LogP contribution < -0.4 is 10.1 Å². The summed E-state index contributed by atoms with van der Waals surface area (Å²) in [6, 6.07) is 20.8. The third kappa shape index (κ3) is 2.85. The number of thiazole rings is 1. The number of amides is 1. The lowest BCUT2D eigenvalue weighted by atomic mass is 10.1. The zero-order chi connectivity index (χ0) is 18.1. The van der Waals surface area contributed by atoms with Gasteiger partial charge in [0.15, 0.2) is 4.80 Å². The van der Waals surface area contributed by atoms with Gasteiger partial charge in [-0.2, -0.15) is 5.26 Å². The number of nitrogens with one attached hydrogen (secondary N) is 2. The molecule has 0 unspecified atom stereocenters. The molecular weight excluding hydrogens is 344 g/mol. The zero-order valence-corrected chi connectivity index (χ0v) is 14.5. The Morgan fingerprint density at radius 1 is 1.15 bits per heavy atom. The van der Waals surface area contributed by atoms with E-state index in [0.29, 0.717) is 16.1 Å². The monoisotopic (exact) mass is 358 g/mol. The van der Waals surface area contributed by atoms with Gasteiger partial charge in [-0.15, -0.1) is 0 Å². The highest BCUT2D eigenvalue weighted by Crippen LogP contribution is 2.27. The van der Waals surface area contributed by atoms with Crippen LogP contribution in [0.15, 0.2) is 60.7 Å². The summed E-state index contributed by atoms with van der Waals surface area (Å²) in [5.41, 5.74) is 1.97. The molecule has 1 aromatic heterocycles. The number of benzene rings is 3. The number of fused-ring (bicyclic) bond motifs is 3. The summed E-state index contributed by atoms with van der Waals surface area (Å²) in [6.45, 7) is 0.0453. The maximum absolute atomic E-state index is 12.5. The lowest BCUT2D eigenvalue weighted by molar-refractivity contribution is -0.116. The number of carbonyl (C=O) groups is 1. The molecule has 0 bridgehead atoms. The van der Waals surface area contributed by atoms with Gasteiger partial charge in [0, 0.05) is 11.1 Å². The first-order valence-electron chi connectivity index (χ1n) is 8.01. The standard InChI is InChI=1S/C20H14N4OS/c21-11-13-4-3-6-15(10-13)23-18(25)12-24-19-16-7-2-1-5-14(16)8-9-17(19)26-20(24)22/h1-10,22H,12H2,(H,23,25). The molecule has 0 aliphatic rings. The number of nitriles is 1. The van der Waals surface area contributed by atoms with Crippen LogP contribution in [0.3, 0.4) is 0 Å². The molecule has 1 heterocycles. The van der Waals surface area contributed by atoms with E-state index in [1.54, 1.807) is 28.8 Å². The number of anilines is 1. The Kier molecular flexibility index (Phi) is 3.99. The SMILES string of the molecule is N#Cc1cccc(NC(=O)Cn2c(=N)sc3ccc4ccccc4c32)c1. The highest BCUT2D eigenvalue weighted by atomic mass is 32.1. The third-order valence-corrected chi connectivity index (χ3v) is 5.13. The highest BCUT2D eigenvalue weighted by Gasteiger charge is 2.12. The molecule has 26 heavy (non-hydrogen) atoms. The zero-order valence-electron chi connectivity index (χ0n) is 13.7. The number of rotatable bonds is 3. The van der Waals surface area contributed by atoms with Crippen LogP contribution in [0.5, 0.6) is 0 Å². The summed E-state index contributed by atoms with van der Waals surface area (Å²) in [7, 11) is 0. The Morgan fingerprint density at radius 2 is 2.00 bits per heavy atom. The molecule has 4 rings (SSSR count). The molecule has 0 fully saturated rings. The lowest BCUT2D eigenvalue weighted by Gasteiger charge is -2.09. The molecule has 126 valence electrons. The fourth-order valence-corrected chi connectivity index (χ4v) is 3.95. The van der Waals surface area contributed by atoms with Crippen LogP contribution in [0.25, 0.3) is 21.0 Å². The maximum Gasteiger partial charge on any atom is 0.244 e. The summed E-state index contributed by atoms with van der Waals surface area (Å²) in [5.74, 6) is -0.230.